The molecular weight excluding hydrogens is 406 g/mol. The van der Waals surface area contributed by atoms with E-state index in [2.05, 4.69) is 39.9 Å². The Morgan fingerprint density at radius 1 is 1.10 bits per heavy atom. The summed E-state index contributed by atoms with van der Waals surface area (Å²) in [5, 5.41) is 0.123. The minimum atomic E-state index is -1.96. The molecule has 0 spiro atoms. The Hall–Kier alpha value is -1.66. The Balaban J connectivity index is 1.99. The van der Waals surface area contributed by atoms with E-state index in [1.54, 1.807) is 11.8 Å². The van der Waals surface area contributed by atoms with Crippen LogP contribution in [0, 0.1) is 0 Å². The summed E-state index contributed by atoms with van der Waals surface area (Å²) in [6.45, 7) is 19.7. The highest BCUT2D eigenvalue weighted by atomic mass is 28.4. The van der Waals surface area contributed by atoms with Crippen LogP contribution in [-0.4, -0.2) is 30.7 Å². The Morgan fingerprint density at radius 3 is 2.29 bits per heavy atom. The van der Waals surface area contributed by atoms with Crippen molar-refractivity contribution in [1.29, 1.82) is 0 Å². The van der Waals surface area contributed by atoms with Crippen LogP contribution in [0.15, 0.2) is 6.07 Å². The quantitative estimate of drug-likeness (QED) is 0.527. The number of Topliss-reactive ketones (excluding diaryl/α,β-unsaturated/α-hetero) is 1. The van der Waals surface area contributed by atoms with Crippen LogP contribution in [0.3, 0.4) is 0 Å². The third-order valence-electron chi connectivity index (χ3n) is 6.80. The molecule has 0 fully saturated rings. The Labute approximate surface area is 188 Å². The number of ketones is 1. The molecule has 1 amide bonds. The lowest BCUT2D eigenvalue weighted by Crippen LogP contribution is -2.41. The van der Waals surface area contributed by atoms with Gasteiger partial charge in [0.2, 0.25) is 0 Å². The molecule has 1 aliphatic carbocycles. The van der Waals surface area contributed by atoms with Crippen LogP contribution in [-0.2, 0) is 39.9 Å². The van der Waals surface area contributed by atoms with Gasteiger partial charge in [-0.1, -0.05) is 26.8 Å². The van der Waals surface area contributed by atoms with Crippen LogP contribution in [0.1, 0.15) is 88.8 Å². The third-order valence-corrected chi connectivity index (χ3v) is 11.3. The molecule has 1 aromatic rings. The van der Waals surface area contributed by atoms with Gasteiger partial charge in [-0.2, -0.15) is 0 Å². The molecule has 1 atom stereocenters. The summed E-state index contributed by atoms with van der Waals surface area (Å²) >= 11 is 0. The van der Waals surface area contributed by atoms with Crippen molar-refractivity contribution < 1.29 is 18.8 Å². The van der Waals surface area contributed by atoms with Gasteiger partial charge in [0.15, 0.2) is 8.32 Å². The van der Waals surface area contributed by atoms with Crippen LogP contribution in [0.5, 0.6) is 0 Å². The van der Waals surface area contributed by atoms with E-state index in [0.29, 0.717) is 19.5 Å². The van der Waals surface area contributed by atoms with Crippen molar-refractivity contribution in [2.45, 2.75) is 111 Å². The number of carbonyl (C=O) groups excluding carboxylic acids is 2. The van der Waals surface area contributed by atoms with Crippen LogP contribution >= 0.6 is 0 Å². The zero-order valence-corrected chi connectivity index (χ0v) is 21.8. The fraction of sp³-hybridized carbons (Fsp3) is 0.680. The largest absolute Gasteiger partial charge is 0.444 e. The molecule has 172 valence electrons. The average Bonchev–Trinajstić information content (AvgIpc) is 3.15. The SMILES string of the molecule is CC(=O)Cc1cc2c(c3c1CCC3O[Si](C)(C)C(C)(C)C)CN(C(=O)OC(C)(C)C)C2. The van der Waals surface area contributed by atoms with Crippen molar-refractivity contribution in [2.75, 3.05) is 0 Å². The molecule has 0 radical (unpaired) electrons. The fourth-order valence-corrected chi connectivity index (χ4v) is 5.63. The fourth-order valence-electron chi connectivity index (χ4n) is 4.33. The number of amides is 1. The molecule has 0 bridgehead atoms. The summed E-state index contributed by atoms with van der Waals surface area (Å²) in [4.78, 5) is 26.5. The highest BCUT2D eigenvalue weighted by Crippen LogP contribution is 2.47. The lowest BCUT2D eigenvalue weighted by molar-refractivity contribution is -0.116. The summed E-state index contributed by atoms with van der Waals surface area (Å²) in [6, 6.07) is 2.15. The minimum absolute atomic E-state index is 0.0372. The van der Waals surface area contributed by atoms with Gasteiger partial charge < -0.3 is 9.16 Å². The minimum Gasteiger partial charge on any atom is -0.444 e. The summed E-state index contributed by atoms with van der Waals surface area (Å²) in [5.41, 5.74) is 5.42. The Bertz CT molecular complexity index is 892. The number of hydrogen-bond acceptors (Lipinski definition) is 4. The summed E-state index contributed by atoms with van der Waals surface area (Å²) in [7, 11) is -1.96. The van der Waals surface area contributed by atoms with Crippen molar-refractivity contribution in [3.05, 3.63) is 33.9 Å². The van der Waals surface area contributed by atoms with Crippen molar-refractivity contribution in [3.63, 3.8) is 0 Å². The maximum Gasteiger partial charge on any atom is 0.410 e. The number of nitrogens with zero attached hydrogens (tertiary/aromatic N) is 1. The van der Waals surface area contributed by atoms with Crippen LogP contribution < -0.4 is 0 Å². The second kappa shape index (κ2) is 8.04. The summed E-state index contributed by atoms with van der Waals surface area (Å²) < 4.78 is 12.5. The number of ether oxygens (including phenoxy) is 1. The first-order chi connectivity index (χ1) is 14.1. The maximum absolute atomic E-state index is 12.8. The molecule has 1 aliphatic heterocycles. The molecule has 1 heterocycles. The number of benzene rings is 1. The van der Waals surface area contributed by atoms with Gasteiger partial charge in [-0.15, -0.1) is 0 Å². The highest BCUT2D eigenvalue weighted by Gasteiger charge is 2.43. The topological polar surface area (TPSA) is 55.8 Å². The van der Waals surface area contributed by atoms with E-state index in [-0.39, 0.29) is 23.0 Å². The lowest BCUT2D eigenvalue weighted by atomic mass is 9.92. The van der Waals surface area contributed by atoms with Gasteiger partial charge in [0.05, 0.1) is 12.6 Å². The lowest BCUT2D eigenvalue weighted by Gasteiger charge is -2.39. The van der Waals surface area contributed by atoms with E-state index in [1.807, 2.05) is 20.8 Å². The number of fused-ring (bicyclic) bond motifs is 3. The van der Waals surface area contributed by atoms with Crippen LogP contribution in [0.4, 0.5) is 4.79 Å². The van der Waals surface area contributed by atoms with E-state index in [9.17, 15) is 9.59 Å². The van der Waals surface area contributed by atoms with Gasteiger partial charge in [-0.25, -0.2) is 4.79 Å². The van der Waals surface area contributed by atoms with E-state index < -0.39 is 13.9 Å². The second-order valence-corrected chi connectivity index (χ2v) is 16.4. The zero-order valence-electron chi connectivity index (χ0n) is 20.8. The van der Waals surface area contributed by atoms with Crippen molar-refractivity contribution >= 4 is 20.2 Å². The van der Waals surface area contributed by atoms with E-state index in [1.165, 1.54) is 16.7 Å². The van der Waals surface area contributed by atoms with Crippen molar-refractivity contribution in [3.8, 4) is 0 Å². The van der Waals surface area contributed by atoms with E-state index in [4.69, 9.17) is 9.16 Å². The second-order valence-electron chi connectivity index (χ2n) is 11.7. The highest BCUT2D eigenvalue weighted by molar-refractivity contribution is 6.74. The summed E-state index contributed by atoms with van der Waals surface area (Å²) in [6.07, 6.45) is 2.06. The predicted octanol–water partition coefficient (Wildman–Crippen LogP) is 6.08. The molecule has 3 rings (SSSR count). The smallest absolute Gasteiger partial charge is 0.410 e. The van der Waals surface area contributed by atoms with Gasteiger partial charge >= 0.3 is 6.09 Å². The van der Waals surface area contributed by atoms with Gasteiger partial charge in [0, 0.05) is 13.0 Å². The van der Waals surface area contributed by atoms with Crippen molar-refractivity contribution in [2.24, 2.45) is 0 Å². The molecule has 1 unspecified atom stereocenters. The molecule has 5 nitrogen and oxygen atoms in total. The van der Waals surface area contributed by atoms with Gasteiger partial charge in [0.25, 0.3) is 0 Å². The monoisotopic (exact) mass is 445 g/mol. The van der Waals surface area contributed by atoms with Crippen LogP contribution in [0.2, 0.25) is 18.1 Å². The molecule has 1 aromatic carbocycles. The van der Waals surface area contributed by atoms with Gasteiger partial charge in [0.1, 0.15) is 11.4 Å². The number of rotatable bonds is 4. The molecule has 0 saturated carbocycles. The zero-order chi connectivity index (χ0) is 23.4. The molecule has 0 aromatic heterocycles. The standard InChI is InChI=1S/C25H39NO4Si/c1-16(27)12-17-13-18-14-26(23(28)29-24(2,3)4)15-20(18)22-19(17)10-11-21(22)30-31(8,9)25(5,6)7/h13,21H,10-12,14-15H2,1-9H3. The number of carbonyl (C=O) groups is 2. The molecule has 31 heavy (non-hydrogen) atoms. The maximum atomic E-state index is 12.8. The first-order valence-corrected chi connectivity index (χ1v) is 14.3. The normalized spacial score (nSPS) is 18.7. The Morgan fingerprint density at radius 2 is 1.74 bits per heavy atom. The first kappa shape index (κ1) is 24.0. The van der Waals surface area contributed by atoms with Gasteiger partial charge in [-0.05, 0) is 86.5 Å². The predicted molar refractivity (Wildman–Crippen MR) is 126 cm³/mol. The molecule has 0 saturated heterocycles. The Kier molecular flexibility index (Phi) is 6.22. The summed E-state index contributed by atoms with van der Waals surface area (Å²) in [5.74, 6) is 0.165. The van der Waals surface area contributed by atoms with Crippen LogP contribution in [0.25, 0.3) is 0 Å². The molecular formula is C25H39NO4Si. The van der Waals surface area contributed by atoms with E-state index >= 15 is 0 Å². The number of hydrogen-bond donors (Lipinski definition) is 0. The third kappa shape index (κ3) is 5.06. The molecule has 2 aliphatic rings. The molecule has 0 N–H and O–H groups in total. The van der Waals surface area contributed by atoms with E-state index in [0.717, 1.165) is 24.0 Å². The van der Waals surface area contributed by atoms with Gasteiger partial charge in [-0.3, -0.25) is 9.69 Å². The molecule has 6 heteroatoms. The average molecular weight is 446 g/mol. The first-order valence-electron chi connectivity index (χ1n) is 11.4. The van der Waals surface area contributed by atoms with Crippen molar-refractivity contribution in [1.82, 2.24) is 4.90 Å².